The van der Waals surface area contributed by atoms with Gasteiger partial charge in [-0.15, -0.1) is 0 Å². The molecular weight excluding hydrogens is 184 g/mol. The number of hydrogen-bond acceptors (Lipinski definition) is 2. The van der Waals surface area contributed by atoms with E-state index in [0.717, 1.165) is 26.1 Å². The molecule has 2 heterocycles. The lowest BCUT2D eigenvalue weighted by Gasteiger charge is -2.26. The van der Waals surface area contributed by atoms with Crippen LogP contribution in [0.4, 0.5) is 4.79 Å². The molecule has 0 bridgehead atoms. The molecule has 0 atom stereocenters. The first kappa shape index (κ1) is 8.56. The number of amides is 2. The van der Waals surface area contributed by atoms with Gasteiger partial charge in [0.15, 0.2) is 0 Å². The van der Waals surface area contributed by atoms with Gasteiger partial charge in [0.2, 0.25) is 0 Å². The normalized spacial score (nSPS) is 17.2. The Balaban J connectivity index is 1.97. The third kappa shape index (κ3) is 2.01. The summed E-state index contributed by atoms with van der Waals surface area (Å²) in [4.78, 5) is 13.2. The highest BCUT2D eigenvalue weighted by molar-refractivity contribution is 7.07. The van der Waals surface area contributed by atoms with Crippen molar-refractivity contribution in [1.82, 2.24) is 10.2 Å². The molecular formula is C9H12N2OS. The van der Waals surface area contributed by atoms with E-state index < -0.39 is 0 Å². The fraction of sp³-hybridized carbons (Fsp3) is 0.444. The van der Waals surface area contributed by atoms with Crippen LogP contribution in [-0.4, -0.2) is 24.0 Å². The predicted molar refractivity (Wildman–Crippen MR) is 52.7 cm³/mol. The Morgan fingerprint density at radius 3 is 3.23 bits per heavy atom. The molecule has 2 rings (SSSR count). The zero-order valence-corrected chi connectivity index (χ0v) is 8.14. The number of carbonyl (C=O) groups excluding carboxylic acids is 1. The summed E-state index contributed by atoms with van der Waals surface area (Å²) in [5, 5.41) is 6.96. The number of urea groups is 1. The van der Waals surface area contributed by atoms with Crippen molar-refractivity contribution >= 4 is 17.4 Å². The molecule has 1 saturated heterocycles. The van der Waals surface area contributed by atoms with Crippen molar-refractivity contribution in [1.29, 1.82) is 0 Å². The van der Waals surface area contributed by atoms with Gasteiger partial charge in [0.05, 0.1) is 0 Å². The molecule has 0 radical (unpaired) electrons. The molecule has 0 aliphatic carbocycles. The van der Waals surface area contributed by atoms with Crippen LogP contribution in [-0.2, 0) is 6.54 Å². The number of hydrogen-bond donors (Lipinski definition) is 1. The van der Waals surface area contributed by atoms with Gasteiger partial charge in [-0.2, -0.15) is 11.3 Å². The first-order valence-electron chi connectivity index (χ1n) is 4.40. The van der Waals surface area contributed by atoms with Gasteiger partial charge in [0.25, 0.3) is 0 Å². The van der Waals surface area contributed by atoms with Gasteiger partial charge in [-0.1, -0.05) is 0 Å². The maximum atomic E-state index is 11.3. The smallest absolute Gasteiger partial charge is 0.317 e. The summed E-state index contributed by atoms with van der Waals surface area (Å²) in [6.45, 7) is 2.44. The molecule has 1 fully saturated rings. The van der Waals surface area contributed by atoms with Gasteiger partial charge in [-0.05, 0) is 28.8 Å². The van der Waals surface area contributed by atoms with Crippen LogP contribution in [0.15, 0.2) is 16.8 Å². The largest absolute Gasteiger partial charge is 0.338 e. The molecule has 3 nitrogen and oxygen atoms in total. The van der Waals surface area contributed by atoms with E-state index in [-0.39, 0.29) is 6.03 Å². The maximum absolute atomic E-state index is 11.3. The lowest BCUT2D eigenvalue weighted by atomic mass is 10.2. The van der Waals surface area contributed by atoms with Gasteiger partial charge in [0, 0.05) is 19.6 Å². The predicted octanol–water partition coefficient (Wildman–Crippen LogP) is 1.66. The van der Waals surface area contributed by atoms with Crippen LogP contribution in [0.3, 0.4) is 0 Å². The SMILES string of the molecule is O=C1NCCCN1Cc1ccsc1. The Labute approximate surface area is 81.4 Å². The average molecular weight is 196 g/mol. The molecule has 1 N–H and O–H groups in total. The molecule has 0 unspecified atom stereocenters. The molecule has 0 aromatic carbocycles. The van der Waals surface area contributed by atoms with E-state index in [1.165, 1.54) is 5.56 Å². The van der Waals surface area contributed by atoms with Gasteiger partial charge in [-0.25, -0.2) is 4.79 Å². The quantitative estimate of drug-likeness (QED) is 0.766. The minimum atomic E-state index is 0.0671. The van der Waals surface area contributed by atoms with E-state index in [4.69, 9.17) is 0 Å². The standard InChI is InChI=1S/C9H12N2OS/c12-9-10-3-1-4-11(9)6-8-2-5-13-7-8/h2,5,7H,1,3-4,6H2,(H,10,12). The Hall–Kier alpha value is -1.03. The molecule has 13 heavy (non-hydrogen) atoms. The highest BCUT2D eigenvalue weighted by Gasteiger charge is 2.16. The summed E-state index contributed by atoms with van der Waals surface area (Å²) in [6.07, 6.45) is 1.05. The lowest BCUT2D eigenvalue weighted by Crippen LogP contribution is -2.45. The van der Waals surface area contributed by atoms with Crippen LogP contribution < -0.4 is 5.32 Å². The fourth-order valence-electron chi connectivity index (χ4n) is 1.43. The highest BCUT2D eigenvalue weighted by atomic mass is 32.1. The number of carbonyl (C=O) groups is 1. The third-order valence-electron chi connectivity index (χ3n) is 2.12. The number of nitrogens with zero attached hydrogens (tertiary/aromatic N) is 1. The molecule has 0 saturated carbocycles. The van der Waals surface area contributed by atoms with Crippen LogP contribution in [0.25, 0.3) is 0 Å². The molecule has 1 aliphatic rings. The van der Waals surface area contributed by atoms with Gasteiger partial charge in [0.1, 0.15) is 0 Å². The van der Waals surface area contributed by atoms with Crippen LogP contribution in [0.2, 0.25) is 0 Å². The van der Waals surface area contributed by atoms with Crippen molar-refractivity contribution < 1.29 is 4.79 Å². The Morgan fingerprint density at radius 2 is 2.54 bits per heavy atom. The second-order valence-corrected chi connectivity index (χ2v) is 3.92. The van der Waals surface area contributed by atoms with E-state index in [0.29, 0.717) is 0 Å². The second kappa shape index (κ2) is 3.79. The minimum absolute atomic E-state index is 0.0671. The monoisotopic (exact) mass is 196 g/mol. The summed E-state index contributed by atoms with van der Waals surface area (Å²) >= 11 is 1.67. The number of thiophene rings is 1. The van der Waals surface area contributed by atoms with E-state index in [1.54, 1.807) is 11.3 Å². The third-order valence-corrected chi connectivity index (χ3v) is 2.85. The Bertz CT molecular complexity index is 284. The number of rotatable bonds is 2. The van der Waals surface area contributed by atoms with Crippen LogP contribution in [0.1, 0.15) is 12.0 Å². The summed E-state index contributed by atoms with van der Waals surface area (Å²) in [5.41, 5.74) is 1.22. The van der Waals surface area contributed by atoms with Gasteiger partial charge >= 0.3 is 6.03 Å². The van der Waals surface area contributed by atoms with Crippen molar-refractivity contribution in [2.75, 3.05) is 13.1 Å². The molecule has 0 spiro atoms. The molecule has 2 amide bonds. The summed E-state index contributed by atoms with van der Waals surface area (Å²) in [5.74, 6) is 0. The maximum Gasteiger partial charge on any atom is 0.317 e. The average Bonchev–Trinajstić information content (AvgIpc) is 2.61. The van der Waals surface area contributed by atoms with Gasteiger partial charge < -0.3 is 10.2 Å². The fourth-order valence-corrected chi connectivity index (χ4v) is 2.09. The van der Waals surface area contributed by atoms with Crippen LogP contribution >= 0.6 is 11.3 Å². The van der Waals surface area contributed by atoms with E-state index in [9.17, 15) is 4.79 Å². The van der Waals surface area contributed by atoms with Crippen molar-refractivity contribution in [3.8, 4) is 0 Å². The zero-order chi connectivity index (χ0) is 9.10. The summed E-state index contributed by atoms with van der Waals surface area (Å²) in [6, 6.07) is 2.13. The van der Waals surface area contributed by atoms with Gasteiger partial charge in [-0.3, -0.25) is 0 Å². The first-order valence-corrected chi connectivity index (χ1v) is 5.34. The summed E-state index contributed by atoms with van der Waals surface area (Å²) < 4.78 is 0. The minimum Gasteiger partial charge on any atom is -0.338 e. The lowest BCUT2D eigenvalue weighted by molar-refractivity contribution is 0.183. The van der Waals surface area contributed by atoms with Crippen molar-refractivity contribution in [2.24, 2.45) is 0 Å². The van der Waals surface area contributed by atoms with Crippen molar-refractivity contribution in [2.45, 2.75) is 13.0 Å². The number of nitrogens with one attached hydrogen (secondary N) is 1. The molecule has 1 aromatic heterocycles. The molecule has 4 heteroatoms. The van der Waals surface area contributed by atoms with Crippen molar-refractivity contribution in [3.05, 3.63) is 22.4 Å². The zero-order valence-electron chi connectivity index (χ0n) is 7.32. The molecule has 70 valence electrons. The van der Waals surface area contributed by atoms with E-state index >= 15 is 0 Å². The Morgan fingerprint density at radius 1 is 1.62 bits per heavy atom. The van der Waals surface area contributed by atoms with E-state index in [1.807, 2.05) is 10.3 Å². The van der Waals surface area contributed by atoms with Crippen LogP contribution in [0.5, 0.6) is 0 Å². The molecule has 1 aromatic rings. The first-order chi connectivity index (χ1) is 6.36. The topological polar surface area (TPSA) is 32.3 Å². The van der Waals surface area contributed by atoms with Crippen LogP contribution in [0, 0.1) is 0 Å². The van der Waals surface area contributed by atoms with E-state index in [2.05, 4.69) is 16.8 Å². The second-order valence-electron chi connectivity index (χ2n) is 3.14. The Kier molecular flexibility index (Phi) is 2.49. The highest BCUT2D eigenvalue weighted by Crippen LogP contribution is 2.11. The molecule has 1 aliphatic heterocycles. The summed E-state index contributed by atoms with van der Waals surface area (Å²) in [7, 11) is 0. The van der Waals surface area contributed by atoms with Crippen molar-refractivity contribution in [3.63, 3.8) is 0 Å².